The minimum Gasteiger partial charge on any atom is -0.484 e. The zero-order valence-electron chi connectivity index (χ0n) is 15.3. The van der Waals surface area contributed by atoms with Crippen molar-refractivity contribution in [2.75, 3.05) is 45.9 Å². The third kappa shape index (κ3) is 5.18. The Balaban J connectivity index is 1.48. The summed E-state index contributed by atoms with van der Waals surface area (Å²) in [4.78, 5) is 13.9. The molecule has 0 spiro atoms. The van der Waals surface area contributed by atoms with Crippen molar-refractivity contribution in [2.45, 2.75) is 25.7 Å². The third-order valence-electron chi connectivity index (χ3n) is 4.98. The van der Waals surface area contributed by atoms with Crippen LogP contribution in [0.2, 0.25) is 0 Å². The van der Waals surface area contributed by atoms with Gasteiger partial charge in [-0.15, -0.1) is 0 Å². The van der Waals surface area contributed by atoms with Gasteiger partial charge in [-0.25, -0.2) is 4.39 Å². The van der Waals surface area contributed by atoms with Gasteiger partial charge in [0.2, 0.25) is 0 Å². The van der Waals surface area contributed by atoms with Crippen molar-refractivity contribution in [1.82, 2.24) is 13.5 Å². The third-order valence-corrected chi connectivity index (χ3v) is 7.02. The topological polar surface area (TPSA) is 70.2 Å². The Morgan fingerprint density at radius 2 is 1.44 bits per heavy atom. The zero-order valence-corrected chi connectivity index (χ0v) is 16.2. The van der Waals surface area contributed by atoms with Gasteiger partial charge in [-0.05, 0) is 37.1 Å². The highest BCUT2D eigenvalue weighted by Gasteiger charge is 2.33. The van der Waals surface area contributed by atoms with Crippen molar-refractivity contribution in [2.24, 2.45) is 0 Å². The Kier molecular flexibility index (Phi) is 6.67. The largest absolute Gasteiger partial charge is 0.484 e. The number of hydrogen-bond acceptors (Lipinski definition) is 4. The normalized spacial score (nSPS) is 20.3. The first kappa shape index (κ1) is 20.0. The van der Waals surface area contributed by atoms with Crippen LogP contribution >= 0.6 is 0 Å². The Morgan fingerprint density at radius 1 is 0.889 bits per heavy atom. The van der Waals surface area contributed by atoms with E-state index in [0.717, 1.165) is 25.7 Å². The van der Waals surface area contributed by atoms with Crippen molar-refractivity contribution in [1.29, 1.82) is 0 Å². The molecule has 0 aromatic heterocycles. The maximum absolute atomic E-state index is 12.9. The molecule has 2 fully saturated rings. The summed E-state index contributed by atoms with van der Waals surface area (Å²) in [7, 11) is -3.45. The second-order valence-corrected chi connectivity index (χ2v) is 8.77. The van der Waals surface area contributed by atoms with E-state index >= 15 is 0 Å². The number of nitrogens with zero attached hydrogens (tertiary/aromatic N) is 3. The van der Waals surface area contributed by atoms with Gasteiger partial charge in [0.1, 0.15) is 11.6 Å². The van der Waals surface area contributed by atoms with Crippen LogP contribution in [0.4, 0.5) is 4.39 Å². The first-order valence-corrected chi connectivity index (χ1v) is 10.8. The lowest BCUT2D eigenvalue weighted by molar-refractivity contribution is -0.134. The minimum absolute atomic E-state index is 0.148. The monoisotopic (exact) mass is 399 g/mol. The van der Waals surface area contributed by atoms with Crippen LogP contribution in [-0.4, -0.2) is 73.7 Å². The molecule has 0 atom stereocenters. The van der Waals surface area contributed by atoms with E-state index in [-0.39, 0.29) is 18.3 Å². The lowest BCUT2D eigenvalue weighted by atomic mass is 10.2. The Labute approximate surface area is 159 Å². The molecule has 1 amide bonds. The van der Waals surface area contributed by atoms with E-state index in [4.69, 9.17) is 4.74 Å². The van der Waals surface area contributed by atoms with E-state index in [2.05, 4.69) is 0 Å². The molecule has 27 heavy (non-hydrogen) atoms. The Bertz CT molecular complexity index is 725. The van der Waals surface area contributed by atoms with Crippen LogP contribution < -0.4 is 4.74 Å². The molecule has 2 heterocycles. The summed E-state index contributed by atoms with van der Waals surface area (Å²) in [5.74, 6) is -0.145. The molecule has 3 rings (SSSR count). The first-order valence-electron chi connectivity index (χ1n) is 9.38. The van der Waals surface area contributed by atoms with Gasteiger partial charge in [0.15, 0.2) is 6.61 Å². The molecular weight excluding hydrogens is 373 g/mol. The molecule has 9 heteroatoms. The van der Waals surface area contributed by atoms with Gasteiger partial charge in [-0.1, -0.05) is 12.8 Å². The number of hydrogen-bond donors (Lipinski definition) is 0. The second kappa shape index (κ2) is 8.99. The van der Waals surface area contributed by atoms with Gasteiger partial charge in [0.05, 0.1) is 0 Å². The smallest absolute Gasteiger partial charge is 0.282 e. The molecule has 2 aliphatic rings. The quantitative estimate of drug-likeness (QED) is 0.752. The molecule has 0 aliphatic carbocycles. The molecule has 1 aromatic carbocycles. The first-order chi connectivity index (χ1) is 13.0. The summed E-state index contributed by atoms with van der Waals surface area (Å²) in [6, 6.07) is 5.47. The fourth-order valence-corrected chi connectivity index (χ4v) is 5.04. The summed E-state index contributed by atoms with van der Waals surface area (Å²) in [5, 5.41) is 0. The number of ether oxygens (including phenoxy) is 1. The maximum Gasteiger partial charge on any atom is 0.282 e. The van der Waals surface area contributed by atoms with Crippen molar-refractivity contribution in [3.05, 3.63) is 30.1 Å². The number of halogens is 1. The average Bonchev–Trinajstić information content (AvgIpc) is 2.97. The van der Waals surface area contributed by atoms with Crippen molar-refractivity contribution < 1.29 is 22.3 Å². The van der Waals surface area contributed by atoms with Crippen LogP contribution in [-0.2, 0) is 15.0 Å². The van der Waals surface area contributed by atoms with Gasteiger partial charge in [0, 0.05) is 39.3 Å². The van der Waals surface area contributed by atoms with Crippen molar-refractivity contribution >= 4 is 16.1 Å². The fourth-order valence-electron chi connectivity index (χ4n) is 3.37. The van der Waals surface area contributed by atoms with Crippen molar-refractivity contribution in [3.8, 4) is 5.75 Å². The Morgan fingerprint density at radius 3 is 2.04 bits per heavy atom. The molecule has 2 saturated heterocycles. The second-order valence-electron chi connectivity index (χ2n) is 6.84. The summed E-state index contributed by atoms with van der Waals surface area (Å²) >= 11 is 0. The molecule has 150 valence electrons. The van der Waals surface area contributed by atoms with Gasteiger partial charge >= 0.3 is 0 Å². The standard InChI is InChI=1S/C18H26FN3O4S/c19-16-5-7-17(8-6-16)26-15-18(23)20-11-13-22(14-12-20)27(24,25)21-9-3-1-2-4-10-21/h5-8H,1-4,9-15H2. The van der Waals surface area contributed by atoms with E-state index in [1.165, 1.54) is 28.6 Å². The zero-order chi connectivity index (χ0) is 19.3. The Hall–Kier alpha value is -1.71. The SMILES string of the molecule is O=C(COc1ccc(F)cc1)N1CCN(S(=O)(=O)N2CCCCCC2)CC1. The number of rotatable bonds is 5. The number of carbonyl (C=O) groups is 1. The van der Waals surface area contributed by atoms with Crippen LogP contribution in [0.1, 0.15) is 25.7 Å². The molecule has 0 radical (unpaired) electrons. The molecule has 0 unspecified atom stereocenters. The van der Waals surface area contributed by atoms with Gasteiger partial charge < -0.3 is 9.64 Å². The molecule has 0 saturated carbocycles. The van der Waals surface area contributed by atoms with E-state index in [1.54, 1.807) is 9.21 Å². The molecule has 2 aliphatic heterocycles. The maximum atomic E-state index is 12.9. The lowest BCUT2D eigenvalue weighted by Crippen LogP contribution is -2.55. The predicted octanol–water partition coefficient (Wildman–Crippen LogP) is 1.47. The van der Waals surface area contributed by atoms with Crippen LogP contribution in [0.5, 0.6) is 5.75 Å². The minimum atomic E-state index is -3.45. The average molecular weight is 399 g/mol. The van der Waals surface area contributed by atoms with E-state index < -0.39 is 10.2 Å². The highest BCUT2D eigenvalue weighted by molar-refractivity contribution is 7.86. The highest BCUT2D eigenvalue weighted by Crippen LogP contribution is 2.18. The molecular formula is C18H26FN3O4S. The van der Waals surface area contributed by atoms with E-state index in [9.17, 15) is 17.6 Å². The van der Waals surface area contributed by atoms with Gasteiger partial charge in [0.25, 0.3) is 16.1 Å². The fraction of sp³-hybridized carbons (Fsp3) is 0.611. The lowest BCUT2D eigenvalue weighted by Gasteiger charge is -2.36. The number of amides is 1. The summed E-state index contributed by atoms with van der Waals surface area (Å²) in [6.45, 7) is 2.28. The number of carbonyl (C=O) groups excluding carboxylic acids is 1. The van der Waals surface area contributed by atoms with Gasteiger partial charge in [-0.2, -0.15) is 17.0 Å². The molecule has 7 nitrogen and oxygen atoms in total. The van der Waals surface area contributed by atoms with Gasteiger partial charge in [-0.3, -0.25) is 4.79 Å². The van der Waals surface area contributed by atoms with E-state index in [0.29, 0.717) is 45.0 Å². The van der Waals surface area contributed by atoms with Crippen LogP contribution in [0.25, 0.3) is 0 Å². The summed E-state index contributed by atoms with van der Waals surface area (Å²) in [6.07, 6.45) is 3.95. The number of piperazine rings is 1. The van der Waals surface area contributed by atoms with Crippen LogP contribution in [0.15, 0.2) is 24.3 Å². The molecule has 0 bridgehead atoms. The summed E-state index contributed by atoms with van der Waals surface area (Å²) in [5.41, 5.74) is 0. The summed E-state index contributed by atoms with van der Waals surface area (Å²) < 4.78 is 46.9. The van der Waals surface area contributed by atoms with Crippen LogP contribution in [0, 0.1) is 5.82 Å². The highest BCUT2D eigenvalue weighted by atomic mass is 32.2. The predicted molar refractivity (Wildman–Crippen MR) is 99.0 cm³/mol. The van der Waals surface area contributed by atoms with Crippen LogP contribution in [0.3, 0.4) is 0 Å². The molecule has 0 N–H and O–H groups in total. The van der Waals surface area contributed by atoms with Crippen molar-refractivity contribution in [3.63, 3.8) is 0 Å². The number of benzene rings is 1. The molecule has 1 aromatic rings. The van der Waals surface area contributed by atoms with E-state index in [1.807, 2.05) is 0 Å².